The summed E-state index contributed by atoms with van der Waals surface area (Å²) in [5.41, 5.74) is 3.51. The molecule has 0 radical (unpaired) electrons. The van der Waals surface area contributed by atoms with Crippen LogP contribution >= 0.6 is 0 Å². The van der Waals surface area contributed by atoms with Crippen molar-refractivity contribution in [1.29, 1.82) is 0 Å². The summed E-state index contributed by atoms with van der Waals surface area (Å²) < 4.78 is 0. The lowest BCUT2D eigenvalue weighted by Gasteiger charge is -2.20. The standard InChI is InChI=1S/C18H23N3O/c1-14(18(22)19-2)12-21(3)13-15-6-4-7-16(10-15)17-8-5-9-20-11-17/h4-11,14H,12-13H2,1-3H3,(H,19,22)/t14-/m0/s1. The largest absolute Gasteiger partial charge is 0.359 e. The fourth-order valence-electron chi connectivity index (χ4n) is 2.56. The van der Waals surface area contributed by atoms with Crippen molar-refractivity contribution in [2.24, 2.45) is 5.92 Å². The van der Waals surface area contributed by atoms with Crippen LogP contribution in [0.5, 0.6) is 0 Å². The lowest BCUT2D eigenvalue weighted by molar-refractivity contribution is -0.124. The van der Waals surface area contributed by atoms with Gasteiger partial charge in [-0.2, -0.15) is 0 Å². The van der Waals surface area contributed by atoms with Crippen molar-refractivity contribution in [2.45, 2.75) is 13.5 Å². The minimum absolute atomic E-state index is 0.0171. The van der Waals surface area contributed by atoms with Gasteiger partial charge in [-0.25, -0.2) is 0 Å². The number of amides is 1. The molecule has 1 N–H and O–H groups in total. The maximum absolute atomic E-state index is 11.6. The number of carbonyl (C=O) groups excluding carboxylic acids is 1. The van der Waals surface area contributed by atoms with E-state index in [9.17, 15) is 4.79 Å². The van der Waals surface area contributed by atoms with Crippen LogP contribution < -0.4 is 5.32 Å². The first-order valence-corrected chi connectivity index (χ1v) is 7.49. The minimum Gasteiger partial charge on any atom is -0.359 e. The second kappa shape index (κ2) is 7.71. The van der Waals surface area contributed by atoms with Crippen LogP contribution in [0, 0.1) is 5.92 Å². The second-order valence-electron chi connectivity index (χ2n) is 5.65. The van der Waals surface area contributed by atoms with Crippen molar-refractivity contribution in [3.63, 3.8) is 0 Å². The van der Waals surface area contributed by atoms with Gasteiger partial charge in [0.15, 0.2) is 0 Å². The monoisotopic (exact) mass is 297 g/mol. The zero-order valence-corrected chi connectivity index (χ0v) is 13.4. The van der Waals surface area contributed by atoms with Crippen LogP contribution in [0.25, 0.3) is 11.1 Å². The Bertz CT molecular complexity index is 613. The van der Waals surface area contributed by atoms with Gasteiger partial charge in [0.2, 0.25) is 5.91 Å². The van der Waals surface area contributed by atoms with Crippen molar-refractivity contribution in [2.75, 3.05) is 20.6 Å². The highest BCUT2D eigenvalue weighted by molar-refractivity contribution is 5.78. The molecule has 1 aromatic carbocycles. The molecule has 0 saturated carbocycles. The lowest BCUT2D eigenvalue weighted by Crippen LogP contribution is -2.34. The summed E-state index contributed by atoms with van der Waals surface area (Å²) in [6.07, 6.45) is 3.65. The summed E-state index contributed by atoms with van der Waals surface area (Å²) in [5, 5.41) is 2.69. The molecule has 0 bridgehead atoms. The molecule has 0 aliphatic carbocycles. The highest BCUT2D eigenvalue weighted by Gasteiger charge is 2.13. The third kappa shape index (κ3) is 4.40. The smallest absolute Gasteiger partial charge is 0.223 e. The third-order valence-electron chi connectivity index (χ3n) is 3.65. The van der Waals surface area contributed by atoms with Crippen LogP contribution in [-0.4, -0.2) is 36.4 Å². The van der Waals surface area contributed by atoms with Gasteiger partial charge in [0.1, 0.15) is 0 Å². The topological polar surface area (TPSA) is 45.2 Å². The van der Waals surface area contributed by atoms with E-state index in [1.807, 2.05) is 26.2 Å². The summed E-state index contributed by atoms with van der Waals surface area (Å²) in [5.74, 6) is 0.0625. The molecule has 0 aliphatic heterocycles. The SMILES string of the molecule is CNC(=O)[C@@H](C)CN(C)Cc1cccc(-c2cccnc2)c1. The van der Waals surface area contributed by atoms with Gasteiger partial charge in [0, 0.05) is 38.4 Å². The van der Waals surface area contributed by atoms with Crippen molar-refractivity contribution in [3.05, 3.63) is 54.4 Å². The van der Waals surface area contributed by atoms with Gasteiger partial charge in [0.05, 0.1) is 0 Å². The van der Waals surface area contributed by atoms with E-state index in [4.69, 9.17) is 0 Å². The summed E-state index contributed by atoms with van der Waals surface area (Å²) in [6, 6.07) is 12.4. The van der Waals surface area contributed by atoms with Gasteiger partial charge in [-0.3, -0.25) is 9.78 Å². The number of aromatic nitrogens is 1. The Morgan fingerprint density at radius 2 is 2.05 bits per heavy atom. The molecule has 1 aromatic heterocycles. The molecule has 2 aromatic rings. The van der Waals surface area contributed by atoms with Crippen LogP contribution in [0.2, 0.25) is 0 Å². The molecule has 2 rings (SSSR count). The average Bonchev–Trinajstić information content (AvgIpc) is 2.55. The zero-order valence-electron chi connectivity index (χ0n) is 13.4. The first-order valence-electron chi connectivity index (χ1n) is 7.49. The first-order chi connectivity index (χ1) is 10.6. The van der Waals surface area contributed by atoms with Crippen molar-refractivity contribution in [1.82, 2.24) is 15.2 Å². The van der Waals surface area contributed by atoms with E-state index < -0.39 is 0 Å². The number of nitrogens with one attached hydrogen (secondary N) is 1. The van der Waals surface area contributed by atoms with Crippen molar-refractivity contribution in [3.8, 4) is 11.1 Å². The number of pyridine rings is 1. The molecule has 0 aliphatic rings. The maximum Gasteiger partial charge on any atom is 0.223 e. The summed E-state index contributed by atoms with van der Waals surface area (Å²) in [6.45, 7) is 3.49. The fourth-order valence-corrected chi connectivity index (χ4v) is 2.56. The van der Waals surface area contributed by atoms with E-state index in [2.05, 4.69) is 45.5 Å². The quantitative estimate of drug-likeness (QED) is 0.891. The Labute approximate surface area is 132 Å². The molecule has 0 saturated heterocycles. The van der Waals surface area contributed by atoms with Gasteiger partial charge in [-0.15, -0.1) is 0 Å². The molecule has 0 fully saturated rings. The van der Waals surface area contributed by atoms with E-state index in [0.717, 1.165) is 18.7 Å². The van der Waals surface area contributed by atoms with Gasteiger partial charge >= 0.3 is 0 Å². The Morgan fingerprint density at radius 3 is 2.73 bits per heavy atom. The second-order valence-corrected chi connectivity index (χ2v) is 5.65. The van der Waals surface area contributed by atoms with E-state index in [1.54, 1.807) is 13.2 Å². The number of nitrogens with zero attached hydrogens (tertiary/aromatic N) is 2. The molecule has 1 amide bonds. The maximum atomic E-state index is 11.6. The molecule has 4 heteroatoms. The highest BCUT2D eigenvalue weighted by atomic mass is 16.1. The number of hydrogen-bond acceptors (Lipinski definition) is 3. The van der Waals surface area contributed by atoms with Gasteiger partial charge in [-0.05, 0) is 35.9 Å². The third-order valence-corrected chi connectivity index (χ3v) is 3.65. The summed E-state index contributed by atoms with van der Waals surface area (Å²) in [4.78, 5) is 17.9. The Hall–Kier alpha value is -2.20. The molecule has 0 unspecified atom stereocenters. The van der Waals surface area contributed by atoms with Crippen LogP contribution in [-0.2, 0) is 11.3 Å². The van der Waals surface area contributed by atoms with E-state index in [1.165, 1.54) is 11.1 Å². The van der Waals surface area contributed by atoms with E-state index in [0.29, 0.717) is 0 Å². The summed E-state index contributed by atoms with van der Waals surface area (Å²) >= 11 is 0. The van der Waals surface area contributed by atoms with E-state index >= 15 is 0 Å². The van der Waals surface area contributed by atoms with Crippen molar-refractivity contribution >= 4 is 5.91 Å². The number of hydrogen-bond donors (Lipinski definition) is 1. The van der Waals surface area contributed by atoms with Crippen LogP contribution in [0.15, 0.2) is 48.8 Å². The molecule has 22 heavy (non-hydrogen) atoms. The molecule has 1 atom stereocenters. The lowest BCUT2D eigenvalue weighted by atomic mass is 10.0. The normalized spacial score (nSPS) is 12.2. The van der Waals surface area contributed by atoms with Crippen LogP contribution in [0.4, 0.5) is 0 Å². The molecule has 0 spiro atoms. The Morgan fingerprint density at radius 1 is 1.27 bits per heavy atom. The van der Waals surface area contributed by atoms with Crippen LogP contribution in [0.1, 0.15) is 12.5 Å². The number of carbonyl (C=O) groups is 1. The molecular formula is C18H23N3O. The molecule has 4 nitrogen and oxygen atoms in total. The molecular weight excluding hydrogens is 274 g/mol. The van der Waals surface area contributed by atoms with E-state index in [-0.39, 0.29) is 11.8 Å². The predicted octanol–water partition coefficient (Wildman–Crippen LogP) is 2.56. The predicted molar refractivity (Wildman–Crippen MR) is 89.2 cm³/mol. The zero-order chi connectivity index (χ0) is 15.9. The van der Waals surface area contributed by atoms with Gasteiger partial charge in [0.25, 0.3) is 0 Å². The van der Waals surface area contributed by atoms with Crippen LogP contribution in [0.3, 0.4) is 0 Å². The van der Waals surface area contributed by atoms with Crippen molar-refractivity contribution < 1.29 is 4.79 Å². The fraction of sp³-hybridized carbons (Fsp3) is 0.333. The minimum atomic E-state index is -0.0171. The Kier molecular flexibility index (Phi) is 5.67. The Balaban J connectivity index is 2.03. The average molecular weight is 297 g/mol. The molecule has 1 heterocycles. The number of rotatable bonds is 6. The first kappa shape index (κ1) is 16.2. The highest BCUT2D eigenvalue weighted by Crippen LogP contribution is 2.20. The number of benzene rings is 1. The summed E-state index contributed by atoms with van der Waals surface area (Å²) in [7, 11) is 3.71. The van der Waals surface area contributed by atoms with Gasteiger partial charge in [-0.1, -0.05) is 31.2 Å². The molecule has 116 valence electrons. The van der Waals surface area contributed by atoms with Gasteiger partial charge < -0.3 is 10.2 Å².